The molecular formula is C26H24N2O4. The van der Waals surface area contributed by atoms with E-state index in [1.54, 1.807) is 42.6 Å². The minimum atomic E-state index is -0.873. The maximum atomic E-state index is 13.3. The number of ketones is 1. The molecule has 1 saturated heterocycles. The van der Waals surface area contributed by atoms with Crippen LogP contribution in [0.25, 0.3) is 5.76 Å². The fourth-order valence-corrected chi connectivity index (χ4v) is 4.05. The van der Waals surface area contributed by atoms with Crippen LogP contribution in [0.15, 0.2) is 66.4 Å². The summed E-state index contributed by atoms with van der Waals surface area (Å²) in [5.74, 6) is -1.34. The number of pyridine rings is 1. The van der Waals surface area contributed by atoms with Gasteiger partial charge in [0, 0.05) is 11.9 Å². The molecule has 1 unspecified atom stereocenters. The van der Waals surface area contributed by atoms with E-state index in [1.165, 1.54) is 12.0 Å². The molecule has 6 heteroatoms. The zero-order valence-corrected chi connectivity index (χ0v) is 18.4. The Bertz CT molecular complexity index is 1250. The molecule has 4 rings (SSSR count). The van der Waals surface area contributed by atoms with Gasteiger partial charge in [0.25, 0.3) is 11.7 Å². The fourth-order valence-electron chi connectivity index (χ4n) is 4.05. The number of ether oxygens (including phenoxy) is 1. The normalized spacial score (nSPS) is 17.6. The minimum Gasteiger partial charge on any atom is -0.507 e. The highest BCUT2D eigenvalue weighted by Gasteiger charge is 2.48. The molecule has 1 fully saturated rings. The molecule has 0 radical (unpaired) electrons. The van der Waals surface area contributed by atoms with Crippen LogP contribution in [-0.4, -0.2) is 28.9 Å². The van der Waals surface area contributed by atoms with Gasteiger partial charge in [-0.25, -0.2) is 0 Å². The highest BCUT2D eigenvalue weighted by molar-refractivity contribution is 6.51. The van der Waals surface area contributed by atoms with Gasteiger partial charge in [0.2, 0.25) is 0 Å². The van der Waals surface area contributed by atoms with Gasteiger partial charge in [0.15, 0.2) is 0 Å². The first kappa shape index (κ1) is 21.3. The van der Waals surface area contributed by atoms with E-state index in [4.69, 9.17) is 4.74 Å². The number of carbonyl (C=O) groups is 2. The first-order valence-electron chi connectivity index (χ1n) is 10.3. The number of aryl methyl sites for hydroxylation is 2. The van der Waals surface area contributed by atoms with Gasteiger partial charge in [0.05, 0.1) is 23.9 Å². The van der Waals surface area contributed by atoms with Gasteiger partial charge in [-0.15, -0.1) is 0 Å². The SMILES string of the molecule is COc1ccc(C)cc1/C(O)=C1\C(=O)C(=O)N(c2cccc(C)c2C)C1c1ccccn1. The largest absolute Gasteiger partial charge is 0.507 e. The average Bonchev–Trinajstić information content (AvgIpc) is 3.06. The molecule has 3 aromatic rings. The van der Waals surface area contributed by atoms with Gasteiger partial charge in [0.1, 0.15) is 17.6 Å². The van der Waals surface area contributed by atoms with Crippen LogP contribution in [0.2, 0.25) is 0 Å². The molecule has 0 bridgehead atoms. The summed E-state index contributed by atoms with van der Waals surface area (Å²) < 4.78 is 5.41. The number of carbonyl (C=O) groups excluding carboxylic acids is 2. The Morgan fingerprint density at radius 3 is 2.50 bits per heavy atom. The highest BCUT2D eigenvalue weighted by atomic mass is 16.5. The molecule has 1 aliphatic rings. The maximum absolute atomic E-state index is 13.3. The van der Waals surface area contributed by atoms with Crippen molar-refractivity contribution in [2.24, 2.45) is 0 Å². The number of aliphatic hydroxyl groups is 1. The number of Topliss-reactive ketones (excluding diaryl/α,β-unsaturated/α-hetero) is 1. The van der Waals surface area contributed by atoms with Crippen LogP contribution in [0.3, 0.4) is 0 Å². The van der Waals surface area contributed by atoms with Crippen molar-refractivity contribution in [3.63, 3.8) is 0 Å². The van der Waals surface area contributed by atoms with Crippen molar-refractivity contribution in [2.45, 2.75) is 26.8 Å². The van der Waals surface area contributed by atoms with Crippen molar-refractivity contribution < 1.29 is 19.4 Å². The van der Waals surface area contributed by atoms with E-state index in [2.05, 4.69) is 4.98 Å². The van der Waals surface area contributed by atoms with Crippen LogP contribution in [-0.2, 0) is 9.59 Å². The Morgan fingerprint density at radius 1 is 1.03 bits per heavy atom. The van der Waals surface area contributed by atoms with E-state index in [0.29, 0.717) is 22.7 Å². The molecule has 1 aliphatic heterocycles. The maximum Gasteiger partial charge on any atom is 0.300 e. The fraction of sp³-hybridized carbons (Fsp3) is 0.192. The molecule has 0 saturated carbocycles. The van der Waals surface area contributed by atoms with Crippen molar-refractivity contribution in [1.29, 1.82) is 0 Å². The Hall–Kier alpha value is -3.93. The standard InChI is InChI=1S/C26H24N2O4/c1-15-11-12-21(32-4)18(14-15)24(29)22-23(19-9-5-6-13-27-19)28(26(31)25(22)30)20-10-7-8-16(2)17(20)3/h5-14,23,29H,1-4H3/b24-22+. The Morgan fingerprint density at radius 2 is 1.81 bits per heavy atom. The Kier molecular flexibility index (Phi) is 5.53. The summed E-state index contributed by atoms with van der Waals surface area (Å²) in [5, 5.41) is 11.3. The van der Waals surface area contributed by atoms with Gasteiger partial charge in [-0.3, -0.25) is 19.5 Å². The number of methoxy groups -OCH3 is 1. The van der Waals surface area contributed by atoms with E-state index in [9.17, 15) is 14.7 Å². The first-order valence-corrected chi connectivity index (χ1v) is 10.3. The Balaban J connectivity index is 2.01. The number of hydrogen-bond donors (Lipinski definition) is 1. The van der Waals surface area contributed by atoms with E-state index in [-0.39, 0.29) is 11.3 Å². The van der Waals surface area contributed by atoms with E-state index in [1.807, 2.05) is 39.0 Å². The number of anilines is 1. The lowest BCUT2D eigenvalue weighted by molar-refractivity contribution is -0.132. The van der Waals surface area contributed by atoms with Crippen LogP contribution in [0.5, 0.6) is 5.75 Å². The highest BCUT2D eigenvalue weighted by Crippen LogP contribution is 2.43. The van der Waals surface area contributed by atoms with E-state index >= 15 is 0 Å². The third kappa shape index (κ3) is 3.43. The number of aromatic nitrogens is 1. The first-order chi connectivity index (χ1) is 15.3. The smallest absolute Gasteiger partial charge is 0.300 e. The summed E-state index contributed by atoms with van der Waals surface area (Å²) in [7, 11) is 1.49. The lowest BCUT2D eigenvalue weighted by atomic mass is 9.96. The molecule has 0 spiro atoms. The van der Waals surface area contributed by atoms with Gasteiger partial charge in [-0.1, -0.05) is 29.8 Å². The predicted molar refractivity (Wildman–Crippen MR) is 123 cm³/mol. The van der Waals surface area contributed by atoms with Crippen molar-refractivity contribution in [1.82, 2.24) is 4.98 Å². The van der Waals surface area contributed by atoms with Gasteiger partial charge >= 0.3 is 0 Å². The number of rotatable bonds is 4. The van der Waals surface area contributed by atoms with Gasteiger partial charge < -0.3 is 9.84 Å². The number of hydrogen-bond acceptors (Lipinski definition) is 5. The summed E-state index contributed by atoms with van der Waals surface area (Å²) in [5.41, 5.74) is 4.18. The lowest BCUT2D eigenvalue weighted by Crippen LogP contribution is -2.30. The van der Waals surface area contributed by atoms with Crippen molar-refractivity contribution >= 4 is 23.1 Å². The predicted octanol–water partition coefficient (Wildman–Crippen LogP) is 4.64. The lowest BCUT2D eigenvalue weighted by Gasteiger charge is -2.26. The summed E-state index contributed by atoms with van der Waals surface area (Å²) >= 11 is 0. The van der Waals surface area contributed by atoms with Crippen LogP contribution in [0, 0.1) is 20.8 Å². The summed E-state index contributed by atoms with van der Waals surface area (Å²) in [6.07, 6.45) is 1.60. The quantitative estimate of drug-likeness (QED) is 0.372. The summed E-state index contributed by atoms with van der Waals surface area (Å²) in [6.45, 7) is 5.73. The van der Waals surface area contributed by atoms with Crippen LogP contribution < -0.4 is 9.64 Å². The van der Waals surface area contributed by atoms with Crippen molar-refractivity contribution in [3.8, 4) is 5.75 Å². The molecule has 1 aromatic heterocycles. The molecule has 0 aliphatic carbocycles. The van der Waals surface area contributed by atoms with E-state index in [0.717, 1.165) is 16.7 Å². The van der Waals surface area contributed by atoms with Gasteiger partial charge in [-0.05, 0) is 62.2 Å². The third-order valence-corrected chi connectivity index (χ3v) is 5.86. The topological polar surface area (TPSA) is 79.7 Å². The summed E-state index contributed by atoms with van der Waals surface area (Å²) in [6, 6.07) is 15.3. The molecule has 1 amide bonds. The number of nitrogens with zero attached hydrogens (tertiary/aromatic N) is 2. The van der Waals surface area contributed by atoms with Crippen molar-refractivity contribution in [3.05, 3.63) is 94.3 Å². The Labute approximate surface area is 186 Å². The van der Waals surface area contributed by atoms with Crippen LogP contribution in [0.4, 0.5) is 5.69 Å². The molecule has 1 N–H and O–H groups in total. The van der Waals surface area contributed by atoms with Gasteiger partial charge in [-0.2, -0.15) is 0 Å². The molecule has 6 nitrogen and oxygen atoms in total. The molecular weight excluding hydrogens is 404 g/mol. The third-order valence-electron chi connectivity index (χ3n) is 5.86. The monoisotopic (exact) mass is 428 g/mol. The zero-order valence-electron chi connectivity index (χ0n) is 18.4. The second kappa shape index (κ2) is 8.30. The minimum absolute atomic E-state index is 0.0153. The second-order valence-electron chi connectivity index (χ2n) is 7.85. The second-order valence-corrected chi connectivity index (χ2v) is 7.85. The number of aliphatic hydroxyl groups excluding tert-OH is 1. The molecule has 32 heavy (non-hydrogen) atoms. The molecule has 2 heterocycles. The summed E-state index contributed by atoms with van der Waals surface area (Å²) in [4.78, 5) is 32.4. The van der Waals surface area contributed by atoms with Crippen LogP contribution >= 0.6 is 0 Å². The zero-order chi connectivity index (χ0) is 23.0. The molecule has 2 aromatic carbocycles. The van der Waals surface area contributed by atoms with Crippen molar-refractivity contribution in [2.75, 3.05) is 12.0 Å². The number of amides is 1. The number of benzene rings is 2. The average molecular weight is 428 g/mol. The van der Waals surface area contributed by atoms with Crippen LogP contribution in [0.1, 0.15) is 34.0 Å². The van der Waals surface area contributed by atoms with E-state index < -0.39 is 17.7 Å². The molecule has 162 valence electrons. The molecule has 1 atom stereocenters.